The highest BCUT2D eigenvalue weighted by Gasteiger charge is 2.21. The highest BCUT2D eigenvalue weighted by Crippen LogP contribution is 2.17. The van der Waals surface area contributed by atoms with Gasteiger partial charge < -0.3 is 4.90 Å². The quantitative estimate of drug-likeness (QED) is 0.700. The number of nitrogens with zero attached hydrogens (tertiary/aromatic N) is 2. The van der Waals surface area contributed by atoms with E-state index in [1.54, 1.807) is 18.5 Å². The third-order valence-corrected chi connectivity index (χ3v) is 2.85. The van der Waals surface area contributed by atoms with Crippen LogP contribution in [0.25, 0.3) is 0 Å². The van der Waals surface area contributed by atoms with E-state index in [0.717, 1.165) is 19.5 Å². The molecule has 1 aromatic rings. The van der Waals surface area contributed by atoms with Crippen LogP contribution in [0.3, 0.4) is 0 Å². The lowest BCUT2D eigenvalue weighted by molar-refractivity contribution is 0.0682. The summed E-state index contributed by atoms with van der Waals surface area (Å²) in [6.45, 7) is 3.97. The third kappa shape index (κ3) is 2.35. The lowest BCUT2D eigenvalue weighted by Crippen LogP contribution is -2.39. The summed E-state index contributed by atoms with van der Waals surface area (Å²) < 4.78 is 0. The molecule has 0 N–H and O–H groups in total. The number of likely N-dealkylation sites (tertiary alicyclic amines) is 1. The first-order valence-electron chi connectivity index (χ1n) is 5.46. The molecule has 0 aliphatic carbocycles. The predicted octanol–water partition coefficient (Wildman–Crippen LogP) is 1.95. The van der Waals surface area contributed by atoms with Crippen molar-refractivity contribution in [3.8, 4) is 0 Å². The predicted molar refractivity (Wildman–Crippen MR) is 58.5 cm³/mol. The Hall–Kier alpha value is -1.38. The van der Waals surface area contributed by atoms with Gasteiger partial charge in [0.15, 0.2) is 0 Å². The smallest absolute Gasteiger partial charge is 0.255 e. The van der Waals surface area contributed by atoms with Gasteiger partial charge in [0.25, 0.3) is 5.91 Å². The number of amides is 1. The zero-order chi connectivity index (χ0) is 10.7. The Morgan fingerprint density at radius 1 is 1.60 bits per heavy atom. The summed E-state index contributed by atoms with van der Waals surface area (Å²) >= 11 is 0. The Kier molecular flexibility index (Phi) is 2.99. The maximum absolute atomic E-state index is 12.0. The maximum Gasteiger partial charge on any atom is 0.255 e. The number of pyridine rings is 1. The number of hydrogen-bond acceptors (Lipinski definition) is 2. The van der Waals surface area contributed by atoms with Gasteiger partial charge in [-0.25, -0.2) is 0 Å². The molecule has 0 aromatic carbocycles. The molecule has 0 bridgehead atoms. The highest BCUT2D eigenvalue weighted by atomic mass is 16.2. The lowest BCUT2D eigenvalue weighted by atomic mass is 10.00. The monoisotopic (exact) mass is 204 g/mol. The second kappa shape index (κ2) is 4.43. The summed E-state index contributed by atoms with van der Waals surface area (Å²) in [4.78, 5) is 17.9. The Balaban J connectivity index is 2.08. The summed E-state index contributed by atoms with van der Waals surface area (Å²) in [6.07, 6.45) is 5.68. The fraction of sp³-hybridized carbons (Fsp3) is 0.500. The van der Waals surface area contributed by atoms with E-state index in [1.807, 2.05) is 11.0 Å². The van der Waals surface area contributed by atoms with Crippen molar-refractivity contribution in [3.05, 3.63) is 30.1 Å². The van der Waals surface area contributed by atoms with Crippen LogP contribution in [0, 0.1) is 5.92 Å². The van der Waals surface area contributed by atoms with E-state index in [-0.39, 0.29) is 5.91 Å². The molecule has 3 nitrogen and oxygen atoms in total. The van der Waals surface area contributed by atoms with Crippen LogP contribution in [0.5, 0.6) is 0 Å². The van der Waals surface area contributed by atoms with Crippen LogP contribution in [0.1, 0.15) is 30.1 Å². The average molecular weight is 204 g/mol. The van der Waals surface area contributed by atoms with E-state index in [4.69, 9.17) is 0 Å². The Morgan fingerprint density at radius 3 is 3.13 bits per heavy atom. The fourth-order valence-corrected chi connectivity index (χ4v) is 2.05. The minimum absolute atomic E-state index is 0.120. The number of hydrogen-bond donors (Lipinski definition) is 0. The van der Waals surface area contributed by atoms with E-state index in [2.05, 4.69) is 11.9 Å². The van der Waals surface area contributed by atoms with Gasteiger partial charge >= 0.3 is 0 Å². The normalized spacial score (nSPS) is 21.4. The molecule has 15 heavy (non-hydrogen) atoms. The minimum atomic E-state index is 0.120. The van der Waals surface area contributed by atoms with Crippen LogP contribution in [0.2, 0.25) is 0 Å². The molecular weight excluding hydrogens is 188 g/mol. The maximum atomic E-state index is 12.0. The summed E-state index contributed by atoms with van der Waals surface area (Å²) in [7, 11) is 0. The molecule has 2 heterocycles. The minimum Gasteiger partial charge on any atom is -0.338 e. The molecule has 1 amide bonds. The van der Waals surface area contributed by atoms with Gasteiger partial charge in [-0.15, -0.1) is 0 Å². The SMILES string of the molecule is C[C@@H]1CCCN(C(=O)c2cccnc2)C1. The molecule has 1 fully saturated rings. The van der Waals surface area contributed by atoms with Gasteiger partial charge in [0, 0.05) is 25.5 Å². The molecule has 1 aliphatic rings. The van der Waals surface area contributed by atoms with E-state index in [0.29, 0.717) is 11.5 Å². The van der Waals surface area contributed by atoms with Crippen molar-refractivity contribution in [1.82, 2.24) is 9.88 Å². The summed E-state index contributed by atoms with van der Waals surface area (Å²) in [5, 5.41) is 0. The number of rotatable bonds is 1. The van der Waals surface area contributed by atoms with Crippen molar-refractivity contribution >= 4 is 5.91 Å². The second-order valence-electron chi connectivity index (χ2n) is 4.24. The van der Waals surface area contributed by atoms with Crippen molar-refractivity contribution in [2.24, 2.45) is 5.92 Å². The fourth-order valence-electron chi connectivity index (χ4n) is 2.05. The van der Waals surface area contributed by atoms with Gasteiger partial charge in [-0.3, -0.25) is 9.78 Å². The van der Waals surface area contributed by atoms with Crippen molar-refractivity contribution in [3.63, 3.8) is 0 Å². The largest absolute Gasteiger partial charge is 0.338 e. The van der Waals surface area contributed by atoms with Gasteiger partial charge in [0.1, 0.15) is 0 Å². The van der Waals surface area contributed by atoms with Crippen molar-refractivity contribution in [2.75, 3.05) is 13.1 Å². The summed E-state index contributed by atoms with van der Waals surface area (Å²) in [5.41, 5.74) is 0.701. The molecule has 0 saturated carbocycles. The zero-order valence-corrected chi connectivity index (χ0v) is 9.02. The molecule has 80 valence electrons. The second-order valence-corrected chi connectivity index (χ2v) is 4.24. The Labute approximate surface area is 90.1 Å². The van der Waals surface area contributed by atoms with Gasteiger partial charge in [-0.2, -0.15) is 0 Å². The first-order valence-corrected chi connectivity index (χ1v) is 5.46. The first kappa shape index (κ1) is 10.1. The van der Waals surface area contributed by atoms with Gasteiger partial charge in [-0.05, 0) is 30.9 Å². The van der Waals surface area contributed by atoms with Crippen LogP contribution in [0.4, 0.5) is 0 Å². The van der Waals surface area contributed by atoms with Crippen LogP contribution in [-0.2, 0) is 0 Å². The van der Waals surface area contributed by atoms with E-state index < -0.39 is 0 Å². The van der Waals surface area contributed by atoms with Gasteiger partial charge in [-0.1, -0.05) is 6.92 Å². The molecule has 3 heteroatoms. The van der Waals surface area contributed by atoms with E-state index in [9.17, 15) is 4.79 Å². The molecular formula is C12H16N2O. The molecule has 0 unspecified atom stereocenters. The van der Waals surface area contributed by atoms with Crippen LogP contribution >= 0.6 is 0 Å². The molecule has 0 radical (unpaired) electrons. The number of piperidine rings is 1. The lowest BCUT2D eigenvalue weighted by Gasteiger charge is -2.30. The van der Waals surface area contributed by atoms with Gasteiger partial charge in [0.2, 0.25) is 0 Å². The summed E-state index contributed by atoms with van der Waals surface area (Å²) in [5.74, 6) is 0.744. The molecule has 1 aliphatic heterocycles. The highest BCUT2D eigenvalue weighted by molar-refractivity contribution is 5.93. The molecule has 1 aromatic heterocycles. The van der Waals surface area contributed by atoms with Crippen molar-refractivity contribution in [2.45, 2.75) is 19.8 Å². The number of carbonyl (C=O) groups is 1. The van der Waals surface area contributed by atoms with Crippen LogP contribution < -0.4 is 0 Å². The van der Waals surface area contributed by atoms with Gasteiger partial charge in [0.05, 0.1) is 5.56 Å². The van der Waals surface area contributed by atoms with Crippen molar-refractivity contribution < 1.29 is 4.79 Å². The van der Waals surface area contributed by atoms with Crippen LogP contribution in [-0.4, -0.2) is 28.9 Å². The first-order chi connectivity index (χ1) is 7.27. The van der Waals surface area contributed by atoms with Crippen LogP contribution in [0.15, 0.2) is 24.5 Å². The van der Waals surface area contributed by atoms with Crippen molar-refractivity contribution in [1.29, 1.82) is 0 Å². The Bertz CT molecular complexity index is 337. The standard InChI is InChI=1S/C12H16N2O/c1-10-4-3-7-14(9-10)12(15)11-5-2-6-13-8-11/h2,5-6,8,10H,3-4,7,9H2,1H3/t10-/m1/s1. The molecule has 1 atom stereocenters. The topological polar surface area (TPSA) is 33.2 Å². The summed E-state index contributed by atoms with van der Waals surface area (Å²) in [6, 6.07) is 3.63. The third-order valence-electron chi connectivity index (χ3n) is 2.85. The molecule has 1 saturated heterocycles. The van der Waals surface area contributed by atoms with E-state index >= 15 is 0 Å². The Morgan fingerprint density at radius 2 is 2.47 bits per heavy atom. The average Bonchev–Trinajstić information content (AvgIpc) is 2.29. The van der Waals surface area contributed by atoms with E-state index in [1.165, 1.54) is 6.42 Å². The number of aromatic nitrogens is 1. The number of carbonyl (C=O) groups excluding carboxylic acids is 1. The zero-order valence-electron chi connectivity index (χ0n) is 9.02. The molecule has 2 rings (SSSR count). The molecule has 0 spiro atoms.